The molecular weight excluding hydrogens is 334 g/mol. The fourth-order valence-corrected chi connectivity index (χ4v) is 3.51. The molecule has 1 aliphatic rings. The number of hydrogen-bond acceptors (Lipinski definition) is 4. The van der Waals surface area contributed by atoms with Crippen LogP contribution in [-0.2, 0) is 9.53 Å². The minimum absolute atomic E-state index is 0.0411. The molecule has 1 atom stereocenters. The standard InChI is InChI=1S/C19H23N3O4/c1-13-16(19(24)25)12-20-22(13)15-8-10-21(11-9-15)18(23)17(26-2)14-6-4-3-5-7-14/h3-7,12,15,17H,8-11H2,1-2H3,(H,24,25). The Morgan fingerprint density at radius 3 is 2.42 bits per heavy atom. The van der Waals surface area contributed by atoms with Crippen molar-refractivity contribution in [1.82, 2.24) is 14.7 Å². The lowest BCUT2D eigenvalue weighted by molar-refractivity contribution is -0.143. The van der Waals surface area contributed by atoms with Crippen LogP contribution in [0.4, 0.5) is 0 Å². The molecule has 1 aromatic heterocycles. The molecule has 1 aliphatic heterocycles. The van der Waals surface area contributed by atoms with Crippen molar-refractivity contribution in [3.05, 3.63) is 53.3 Å². The monoisotopic (exact) mass is 357 g/mol. The zero-order valence-corrected chi connectivity index (χ0v) is 15.0. The first-order valence-electron chi connectivity index (χ1n) is 8.67. The van der Waals surface area contributed by atoms with Gasteiger partial charge in [0.25, 0.3) is 5.91 Å². The molecule has 0 aliphatic carbocycles. The summed E-state index contributed by atoms with van der Waals surface area (Å²) >= 11 is 0. The van der Waals surface area contributed by atoms with Crippen LogP contribution in [0.1, 0.15) is 46.6 Å². The zero-order valence-electron chi connectivity index (χ0n) is 15.0. The molecule has 138 valence electrons. The summed E-state index contributed by atoms with van der Waals surface area (Å²) in [5.41, 5.74) is 1.73. The molecule has 3 rings (SSSR count). The average molecular weight is 357 g/mol. The van der Waals surface area contributed by atoms with Crippen LogP contribution in [0, 0.1) is 6.92 Å². The smallest absolute Gasteiger partial charge is 0.339 e. The summed E-state index contributed by atoms with van der Waals surface area (Å²) in [6, 6.07) is 9.57. The van der Waals surface area contributed by atoms with Crippen molar-refractivity contribution in [2.24, 2.45) is 0 Å². The molecule has 7 heteroatoms. The van der Waals surface area contributed by atoms with Crippen LogP contribution in [0.3, 0.4) is 0 Å². The molecule has 0 bridgehead atoms. The number of benzene rings is 1. The average Bonchev–Trinajstić information content (AvgIpc) is 3.05. The summed E-state index contributed by atoms with van der Waals surface area (Å²) in [5, 5.41) is 13.4. The Morgan fingerprint density at radius 1 is 1.23 bits per heavy atom. The normalized spacial score (nSPS) is 16.5. The molecule has 0 spiro atoms. The summed E-state index contributed by atoms with van der Waals surface area (Å²) < 4.78 is 7.21. The van der Waals surface area contributed by atoms with Gasteiger partial charge in [-0.05, 0) is 25.3 Å². The van der Waals surface area contributed by atoms with Gasteiger partial charge in [-0.1, -0.05) is 30.3 Å². The van der Waals surface area contributed by atoms with E-state index in [1.54, 1.807) is 18.7 Å². The van der Waals surface area contributed by atoms with Crippen LogP contribution in [-0.4, -0.2) is 51.9 Å². The van der Waals surface area contributed by atoms with Gasteiger partial charge < -0.3 is 14.7 Å². The number of nitrogens with zero attached hydrogens (tertiary/aromatic N) is 3. The molecule has 1 fully saturated rings. The van der Waals surface area contributed by atoms with Crippen molar-refractivity contribution in [3.8, 4) is 0 Å². The molecule has 1 N–H and O–H groups in total. The lowest BCUT2D eigenvalue weighted by atomic mass is 10.0. The number of aromatic carboxylic acids is 1. The van der Waals surface area contributed by atoms with Gasteiger partial charge in [0.15, 0.2) is 6.10 Å². The summed E-state index contributed by atoms with van der Waals surface area (Å²) in [6.07, 6.45) is 2.26. The maximum atomic E-state index is 12.8. The molecule has 0 radical (unpaired) electrons. The second-order valence-electron chi connectivity index (χ2n) is 6.48. The Hall–Kier alpha value is -2.67. The van der Waals surface area contributed by atoms with Crippen LogP contribution < -0.4 is 0 Å². The topological polar surface area (TPSA) is 84.7 Å². The van der Waals surface area contributed by atoms with Gasteiger partial charge in [0.1, 0.15) is 5.56 Å². The quantitative estimate of drug-likeness (QED) is 0.888. The first-order valence-corrected chi connectivity index (χ1v) is 8.67. The third-order valence-corrected chi connectivity index (χ3v) is 4.96. The predicted molar refractivity (Wildman–Crippen MR) is 95.0 cm³/mol. The largest absolute Gasteiger partial charge is 0.478 e. The van der Waals surface area contributed by atoms with Crippen LogP contribution in [0.15, 0.2) is 36.5 Å². The Labute approximate surface area is 152 Å². The highest BCUT2D eigenvalue weighted by Gasteiger charge is 2.30. The van der Waals surface area contributed by atoms with E-state index < -0.39 is 12.1 Å². The lowest BCUT2D eigenvalue weighted by Gasteiger charge is -2.34. The number of hydrogen-bond donors (Lipinski definition) is 1. The Kier molecular flexibility index (Phi) is 5.37. The molecule has 1 unspecified atom stereocenters. The van der Waals surface area contributed by atoms with Crippen molar-refractivity contribution >= 4 is 11.9 Å². The van der Waals surface area contributed by atoms with Gasteiger partial charge in [-0.2, -0.15) is 5.10 Å². The number of carbonyl (C=O) groups excluding carboxylic acids is 1. The summed E-state index contributed by atoms with van der Waals surface area (Å²) in [5.74, 6) is -1.01. The lowest BCUT2D eigenvalue weighted by Crippen LogP contribution is -2.42. The Bertz CT molecular complexity index is 779. The number of piperidine rings is 1. The second kappa shape index (κ2) is 7.70. The number of amides is 1. The van der Waals surface area contributed by atoms with Crippen molar-refractivity contribution < 1.29 is 19.4 Å². The second-order valence-corrected chi connectivity index (χ2v) is 6.48. The highest BCUT2D eigenvalue weighted by molar-refractivity contribution is 5.88. The van der Waals surface area contributed by atoms with E-state index in [-0.39, 0.29) is 17.5 Å². The number of aromatic nitrogens is 2. The van der Waals surface area contributed by atoms with E-state index in [0.29, 0.717) is 18.8 Å². The number of ether oxygens (including phenoxy) is 1. The van der Waals surface area contributed by atoms with E-state index in [9.17, 15) is 9.59 Å². The summed E-state index contributed by atoms with van der Waals surface area (Å²) in [4.78, 5) is 25.8. The third kappa shape index (κ3) is 3.48. The first-order chi connectivity index (χ1) is 12.5. The summed E-state index contributed by atoms with van der Waals surface area (Å²) in [6.45, 7) is 2.96. The number of carboxylic acid groups (broad SMARTS) is 1. The van der Waals surface area contributed by atoms with Gasteiger partial charge in [-0.15, -0.1) is 0 Å². The minimum Gasteiger partial charge on any atom is -0.478 e. The zero-order chi connectivity index (χ0) is 18.7. The van der Waals surface area contributed by atoms with Crippen LogP contribution in [0.2, 0.25) is 0 Å². The highest BCUT2D eigenvalue weighted by atomic mass is 16.5. The molecule has 7 nitrogen and oxygen atoms in total. The molecule has 1 aromatic carbocycles. The predicted octanol–water partition coefficient (Wildman–Crippen LogP) is 2.44. The van der Waals surface area contributed by atoms with Crippen LogP contribution >= 0.6 is 0 Å². The van der Waals surface area contributed by atoms with Crippen molar-refractivity contribution in [2.45, 2.75) is 31.9 Å². The molecule has 2 heterocycles. The molecule has 26 heavy (non-hydrogen) atoms. The maximum Gasteiger partial charge on any atom is 0.339 e. The molecule has 2 aromatic rings. The fourth-order valence-electron chi connectivity index (χ4n) is 3.51. The molecule has 0 saturated carbocycles. The highest BCUT2D eigenvalue weighted by Crippen LogP contribution is 2.27. The van der Waals surface area contributed by atoms with E-state index in [2.05, 4.69) is 5.10 Å². The van der Waals surface area contributed by atoms with E-state index in [0.717, 1.165) is 18.4 Å². The Morgan fingerprint density at radius 2 is 1.88 bits per heavy atom. The Balaban J connectivity index is 1.66. The van der Waals surface area contributed by atoms with E-state index in [1.165, 1.54) is 6.20 Å². The van der Waals surface area contributed by atoms with Gasteiger partial charge in [0.2, 0.25) is 0 Å². The minimum atomic E-state index is -0.966. The van der Waals surface area contributed by atoms with Crippen molar-refractivity contribution in [2.75, 3.05) is 20.2 Å². The maximum absolute atomic E-state index is 12.8. The van der Waals surface area contributed by atoms with E-state index >= 15 is 0 Å². The van der Waals surface area contributed by atoms with E-state index in [1.807, 2.05) is 35.2 Å². The van der Waals surface area contributed by atoms with E-state index in [4.69, 9.17) is 9.84 Å². The first kappa shape index (κ1) is 18.1. The van der Waals surface area contributed by atoms with Gasteiger partial charge in [0.05, 0.1) is 17.9 Å². The van der Waals surface area contributed by atoms with Gasteiger partial charge in [0, 0.05) is 20.2 Å². The molecular formula is C19H23N3O4. The number of carbonyl (C=O) groups is 2. The number of likely N-dealkylation sites (tertiary alicyclic amines) is 1. The van der Waals surface area contributed by atoms with Gasteiger partial charge in [-0.3, -0.25) is 9.48 Å². The number of rotatable bonds is 5. The molecule has 1 saturated heterocycles. The number of methoxy groups -OCH3 is 1. The van der Waals surface area contributed by atoms with Crippen LogP contribution in [0.25, 0.3) is 0 Å². The van der Waals surface area contributed by atoms with Crippen molar-refractivity contribution in [1.29, 1.82) is 0 Å². The third-order valence-electron chi connectivity index (χ3n) is 4.96. The molecule has 1 amide bonds. The number of carboxylic acids is 1. The van der Waals surface area contributed by atoms with Crippen molar-refractivity contribution in [3.63, 3.8) is 0 Å². The van der Waals surface area contributed by atoms with Gasteiger partial charge >= 0.3 is 5.97 Å². The van der Waals surface area contributed by atoms with Crippen LogP contribution in [0.5, 0.6) is 0 Å². The van der Waals surface area contributed by atoms with Gasteiger partial charge in [-0.25, -0.2) is 4.79 Å². The fraction of sp³-hybridized carbons (Fsp3) is 0.421. The SMILES string of the molecule is COC(C(=O)N1CCC(n2ncc(C(=O)O)c2C)CC1)c1ccccc1. The summed E-state index contributed by atoms with van der Waals surface area (Å²) in [7, 11) is 1.54.